The fourth-order valence-electron chi connectivity index (χ4n) is 2.23. The Balaban J connectivity index is 2.69. The molecule has 0 N–H and O–H groups in total. The number of hydrogen-bond acceptors (Lipinski definition) is 3. The first-order valence-corrected chi connectivity index (χ1v) is 7.02. The Kier molecular flexibility index (Phi) is 4.87. The van der Waals surface area contributed by atoms with E-state index in [1.165, 1.54) is 30.3 Å². The highest BCUT2D eigenvalue weighted by atomic mass is 19.4. The van der Waals surface area contributed by atoms with Crippen LogP contribution in [0.4, 0.5) is 26.3 Å². The van der Waals surface area contributed by atoms with Crippen molar-refractivity contribution in [3.63, 3.8) is 0 Å². The molecule has 0 aliphatic heterocycles. The second kappa shape index (κ2) is 6.45. The van der Waals surface area contributed by atoms with Gasteiger partial charge in [0.25, 0.3) is 0 Å². The van der Waals surface area contributed by atoms with E-state index < -0.39 is 36.3 Å². The van der Waals surface area contributed by atoms with Crippen molar-refractivity contribution >= 4 is 16.7 Å². The summed E-state index contributed by atoms with van der Waals surface area (Å²) in [6.07, 6.45) is -12.2. The molecular weight excluding hydrogens is 354 g/mol. The predicted octanol–water partition coefficient (Wildman–Crippen LogP) is 4.65. The number of alkyl halides is 6. The third-order valence-electron chi connectivity index (χ3n) is 3.37. The maximum absolute atomic E-state index is 13.4. The molecule has 0 aliphatic carbocycles. The van der Waals surface area contributed by atoms with E-state index in [9.17, 15) is 31.1 Å². The smallest absolute Gasteiger partial charge is 0.449 e. The third kappa shape index (κ3) is 3.22. The second-order valence-corrected chi connectivity index (χ2v) is 4.98. The summed E-state index contributed by atoms with van der Waals surface area (Å²) in [6.45, 7) is 0.416. The van der Waals surface area contributed by atoms with Crippen molar-refractivity contribution in [2.45, 2.75) is 24.9 Å². The van der Waals surface area contributed by atoms with Crippen molar-refractivity contribution in [2.24, 2.45) is 0 Å². The fraction of sp³-hybridized carbons (Fsp3) is 0.312. The van der Waals surface area contributed by atoms with E-state index in [-0.39, 0.29) is 5.39 Å². The number of fused-ring (bicyclic) bond motifs is 1. The van der Waals surface area contributed by atoms with Gasteiger partial charge in [0, 0.05) is 5.39 Å². The van der Waals surface area contributed by atoms with Crippen LogP contribution in [0, 0.1) is 0 Å². The minimum absolute atomic E-state index is 0.00725. The van der Waals surface area contributed by atoms with Gasteiger partial charge in [-0.2, -0.15) is 26.3 Å². The lowest BCUT2D eigenvalue weighted by Gasteiger charge is -2.35. The monoisotopic (exact) mass is 366 g/mol. The van der Waals surface area contributed by atoms with Crippen molar-refractivity contribution in [1.29, 1.82) is 0 Å². The number of halogens is 6. The molecule has 2 aromatic rings. The number of benzene rings is 2. The van der Waals surface area contributed by atoms with E-state index >= 15 is 0 Å². The lowest BCUT2D eigenvalue weighted by molar-refractivity contribution is -0.346. The summed E-state index contributed by atoms with van der Waals surface area (Å²) in [5.74, 6) is -3.30. The number of carbonyl (C=O) groups excluding carboxylic acids is 1. The summed E-state index contributed by atoms with van der Waals surface area (Å²) in [6, 6.07) is 9.37. The first-order valence-electron chi connectivity index (χ1n) is 7.02. The summed E-state index contributed by atoms with van der Waals surface area (Å²) >= 11 is 0. The van der Waals surface area contributed by atoms with Crippen LogP contribution in [0.25, 0.3) is 10.8 Å². The van der Waals surface area contributed by atoms with Crippen LogP contribution in [-0.2, 0) is 9.53 Å². The van der Waals surface area contributed by atoms with Crippen LogP contribution in [0.2, 0.25) is 0 Å². The van der Waals surface area contributed by atoms with Gasteiger partial charge < -0.3 is 9.47 Å². The van der Waals surface area contributed by atoms with E-state index in [0.29, 0.717) is 5.39 Å². The third-order valence-corrected chi connectivity index (χ3v) is 3.37. The van der Waals surface area contributed by atoms with Crippen LogP contribution in [0.5, 0.6) is 5.75 Å². The first kappa shape index (κ1) is 18.9. The molecule has 0 amide bonds. The van der Waals surface area contributed by atoms with E-state index in [0.717, 1.165) is 13.0 Å². The predicted molar refractivity (Wildman–Crippen MR) is 76.1 cm³/mol. The molecule has 0 aromatic heterocycles. The van der Waals surface area contributed by atoms with E-state index in [2.05, 4.69) is 9.47 Å². The largest absolute Gasteiger partial charge is 0.462 e. The standard InChI is InChI=1S/C16H12F6O3/c1-2-24-13(23)14(15(17,18)19,16(20,21)22)25-12-9-5-7-10-6-3-4-8-11(10)12/h3-9H,2H2,1H3. The average Bonchev–Trinajstić information content (AvgIpc) is 2.50. The molecule has 0 saturated heterocycles. The zero-order chi connectivity index (χ0) is 18.9. The Morgan fingerprint density at radius 1 is 0.920 bits per heavy atom. The van der Waals surface area contributed by atoms with Gasteiger partial charge in [-0.05, 0) is 18.4 Å². The molecule has 0 spiro atoms. The summed E-state index contributed by atoms with van der Waals surface area (Å²) in [7, 11) is 0. The molecule has 25 heavy (non-hydrogen) atoms. The molecule has 0 bridgehead atoms. The summed E-state index contributed by atoms with van der Waals surface area (Å²) in [4.78, 5) is 11.7. The normalized spacial score (nSPS) is 12.9. The van der Waals surface area contributed by atoms with Gasteiger partial charge in [0.05, 0.1) is 6.61 Å². The molecule has 136 valence electrons. The zero-order valence-corrected chi connectivity index (χ0v) is 12.7. The van der Waals surface area contributed by atoms with Crippen molar-refractivity contribution in [3.05, 3.63) is 42.5 Å². The number of carbonyl (C=O) groups is 1. The second-order valence-electron chi connectivity index (χ2n) is 4.98. The van der Waals surface area contributed by atoms with E-state index in [1.807, 2.05) is 0 Å². The fourth-order valence-corrected chi connectivity index (χ4v) is 2.23. The molecule has 3 nitrogen and oxygen atoms in total. The van der Waals surface area contributed by atoms with Crippen LogP contribution in [-0.4, -0.2) is 30.5 Å². The highest BCUT2D eigenvalue weighted by Gasteiger charge is 2.80. The van der Waals surface area contributed by atoms with Crippen LogP contribution >= 0.6 is 0 Å². The molecule has 9 heteroatoms. The van der Waals surface area contributed by atoms with Crippen molar-refractivity contribution in [3.8, 4) is 5.75 Å². The topological polar surface area (TPSA) is 35.5 Å². The Morgan fingerprint density at radius 3 is 2.04 bits per heavy atom. The van der Waals surface area contributed by atoms with Gasteiger partial charge in [-0.3, -0.25) is 0 Å². The Labute approximate surface area is 138 Å². The molecule has 0 aliphatic rings. The van der Waals surface area contributed by atoms with Crippen molar-refractivity contribution in [1.82, 2.24) is 0 Å². The number of rotatable bonds is 4. The summed E-state index contributed by atoms with van der Waals surface area (Å²) in [5, 5.41) is 0.342. The molecule has 0 heterocycles. The van der Waals surface area contributed by atoms with E-state index in [1.54, 1.807) is 6.07 Å². The molecule has 2 rings (SSSR count). The summed E-state index contributed by atoms with van der Waals surface area (Å²) < 4.78 is 88.7. The SMILES string of the molecule is CCOC(=O)C(Oc1cccc2ccccc12)(C(F)(F)F)C(F)(F)F. The van der Waals surface area contributed by atoms with Crippen molar-refractivity contribution in [2.75, 3.05) is 6.61 Å². The Bertz CT molecular complexity index is 747. The minimum Gasteiger partial charge on any atom is -0.462 e. The van der Waals surface area contributed by atoms with Gasteiger partial charge in [0.1, 0.15) is 5.75 Å². The van der Waals surface area contributed by atoms with Crippen molar-refractivity contribution < 1.29 is 40.6 Å². The number of ether oxygens (including phenoxy) is 2. The van der Waals surface area contributed by atoms with Gasteiger partial charge in [0.15, 0.2) is 0 Å². The van der Waals surface area contributed by atoms with E-state index in [4.69, 9.17) is 0 Å². The molecule has 0 fully saturated rings. The highest BCUT2D eigenvalue weighted by Crippen LogP contribution is 2.48. The molecule has 0 radical (unpaired) electrons. The van der Waals surface area contributed by atoms with Crippen LogP contribution in [0.1, 0.15) is 6.92 Å². The van der Waals surface area contributed by atoms with Crippen LogP contribution < -0.4 is 4.74 Å². The molecule has 0 atom stereocenters. The maximum Gasteiger partial charge on any atom is 0.449 e. The lowest BCUT2D eigenvalue weighted by atomic mass is 10.0. The Morgan fingerprint density at radius 2 is 1.48 bits per heavy atom. The maximum atomic E-state index is 13.4. The Hall–Kier alpha value is -2.45. The van der Waals surface area contributed by atoms with Crippen LogP contribution in [0.15, 0.2) is 42.5 Å². The van der Waals surface area contributed by atoms with Crippen LogP contribution in [0.3, 0.4) is 0 Å². The average molecular weight is 366 g/mol. The number of esters is 1. The molecule has 2 aromatic carbocycles. The van der Waals surface area contributed by atoms with Gasteiger partial charge in [-0.25, -0.2) is 4.79 Å². The summed E-state index contributed by atoms with van der Waals surface area (Å²) in [5.41, 5.74) is -5.12. The molecule has 0 unspecified atom stereocenters. The minimum atomic E-state index is -6.09. The van der Waals surface area contributed by atoms with Gasteiger partial charge in [-0.1, -0.05) is 36.4 Å². The number of hydrogen-bond donors (Lipinski definition) is 0. The quantitative estimate of drug-likeness (QED) is 0.584. The first-order chi connectivity index (χ1) is 11.5. The van der Waals surface area contributed by atoms with Gasteiger partial charge >= 0.3 is 23.9 Å². The highest BCUT2D eigenvalue weighted by molar-refractivity contribution is 5.89. The van der Waals surface area contributed by atoms with Gasteiger partial charge in [0.2, 0.25) is 0 Å². The zero-order valence-electron chi connectivity index (χ0n) is 12.7. The van der Waals surface area contributed by atoms with Gasteiger partial charge in [-0.15, -0.1) is 0 Å². The molecule has 0 saturated carbocycles. The molecular formula is C16H12F6O3. The lowest BCUT2D eigenvalue weighted by Crippen LogP contribution is -2.66.